The van der Waals surface area contributed by atoms with E-state index in [4.69, 9.17) is 10.5 Å². The summed E-state index contributed by atoms with van der Waals surface area (Å²) in [5, 5.41) is 0. The maximum absolute atomic E-state index is 13.7. The normalized spacial score (nSPS) is 19.9. The van der Waals surface area contributed by atoms with Crippen LogP contribution in [-0.4, -0.2) is 36.6 Å². The molecule has 2 rings (SSSR count). The lowest BCUT2D eigenvalue weighted by Crippen LogP contribution is -2.45. The summed E-state index contributed by atoms with van der Waals surface area (Å²) >= 11 is 0. The highest BCUT2D eigenvalue weighted by atomic mass is 19.1. The molecule has 1 aromatic rings. The number of nitrogen functional groups attached to an aromatic ring is 1. The van der Waals surface area contributed by atoms with Crippen molar-refractivity contribution in [2.45, 2.75) is 19.4 Å². The van der Waals surface area contributed by atoms with E-state index in [1.165, 1.54) is 18.2 Å². The van der Waals surface area contributed by atoms with Gasteiger partial charge >= 0.3 is 0 Å². The predicted octanol–water partition coefficient (Wildman–Crippen LogP) is 1.66. The van der Waals surface area contributed by atoms with Crippen molar-refractivity contribution in [3.63, 3.8) is 0 Å². The van der Waals surface area contributed by atoms with E-state index in [1.807, 2.05) is 6.92 Å². The summed E-state index contributed by atoms with van der Waals surface area (Å²) in [5.41, 5.74) is 5.85. The molecule has 18 heavy (non-hydrogen) atoms. The van der Waals surface area contributed by atoms with Crippen LogP contribution in [0.15, 0.2) is 18.2 Å². The number of halogens is 1. The second kappa shape index (κ2) is 5.35. The maximum Gasteiger partial charge on any atom is 0.256 e. The van der Waals surface area contributed by atoms with E-state index in [0.717, 1.165) is 6.42 Å². The zero-order chi connectivity index (χ0) is 13.1. The lowest BCUT2D eigenvalue weighted by Gasteiger charge is -2.32. The molecule has 1 aromatic carbocycles. The van der Waals surface area contributed by atoms with Crippen LogP contribution >= 0.6 is 0 Å². The van der Waals surface area contributed by atoms with Gasteiger partial charge in [-0.2, -0.15) is 0 Å². The molecule has 4 nitrogen and oxygen atoms in total. The molecule has 0 saturated carbocycles. The van der Waals surface area contributed by atoms with Crippen molar-refractivity contribution in [1.29, 1.82) is 0 Å². The molecule has 2 N–H and O–H groups in total. The van der Waals surface area contributed by atoms with Gasteiger partial charge in [-0.05, 0) is 24.6 Å². The lowest BCUT2D eigenvalue weighted by atomic mass is 10.1. The average molecular weight is 252 g/mol. The number of amides is 1. The van der Waals surface area contributed by atoms with Gasteiger partial charge in [0.25, 0.3) is 5.91 Å². The Kier molecular flexibility index (Phi) is 3.81. The summed E-state index contributed by atoms with van der Waals surface area (Å²) in [7, 11) is 0. The molecule has 0 radical (unpaired) electrons. The van der Waals surface area contributed by atoms with Gasteiger partial charge in [0, 0.05) is 18.8 Å². The van der Waals surface area contributed by atoms with Crippen molar-refractivity contribution < 1.29 is 13.9 Å². The smallest absolute Gasteiger partial charge is 0.256 e. The number of anilines is 1. The standard InChI is InChI=1S/C13H17FN2O2/c1-2-10-8-16(5-6-18-10)13(17)11-4-3-9(15)7-12(11)14/h3-4,7,10H,2,5-6,8,15H2,1H3. The Morgan fingerprint density at radius 2 is 2.39 bits per heavy atom. The molecular formula is C13H17FN2O2. The molecule has 0 aromatic heterocycles. The lowest BCUT2D eigenvalue weighted by molar-refractivity contribution is -0.0227. The topological polar surface area (TPSA) is 55.6 Å². The van der Waals surface area contributed by atoms with E-state index in [9.17, 15) is 9.18 Å². The second-order valence-corrected chi connectivity index (χ2v) is 4.39. The van der Waals surface area contributed by atoms with Gasteiger partial charge in [-0.15, -0.1) is 0 Å². The molecule has 0 aliphatic carbocycles. The zero-order valence-electron chi connectivity index (χ0n) is 10.4. The highest BCUT2D eigenvalue weighted by Crippen LogP contribution is 2.16. The number of hydrogen-bond donors (Lipinski definition) is 1. The zero-order valence-corrected chi connectivity index (χ0v) is 10.4. The van der Waals surface area contributed by atoms with E-state index >= 15 is 0 Å². The van der Waals surface area contributed by atoms with Crippen LogP contribution in [0, 0.1) is 5.82 Å². The highest BCUT2D eigenvalue weighted by molar-refractivity contribution is 5.94. The third-order valence-corrected chi connectivity index (χ3v) is 3.10. The summed E-state index contributed by atoms with van der Waals surface area (Å²) < 4.78 is 19.2. The van der Waals surface area contributed by atoms with E-state index in [-0.39, 0.29) is 17.6 Å². The van der Waals surface area contributed by atoms with Crippen molar-refractivity contribution in [3.05, 3.63) is 29.6 Å². The molecular weight excluding hydrogens is 235 g/mol. The summed E-state index contributed by atoms with van der Waals surface area (Å²) in [4.78, 5) is 13.8. The Morgan fingerprint density at radius 3 is 3.06 bits per heavy atom. The van der Waals surface area contributed by atoms with Gasteiger partial charge in [0.1, 0.15) is 5.82 Å². The average Bonchev–Trinajstić information content (AvgIpc) is 2.38. The van der Waals surface area contributed by atoms with Crippen molar-refractivity contribution in [2.75, 3.05) is 25.4 Å². The molecule has 98 valence electrons. The molecule has 1 aliphatic heterocycles. The van der Waals surface area contributed by atoms with Gasteiger partial charge in [-0.3, -0.25) is 4.79 Å². The van der Waals surface area contributed by atoms with Crippen LogP contribution in [0.5, 0.6) is 0 Å². The summed E-state index contributed by atoms with van der Waals surface area (Å²) in [6, 6.07) is 4.14. The number of ether oxygens (including phenoxy) is 1. The number of carbonyl (C=O) groups is 1. The molecule has 5 heteroatoms. The number of benzene rings is 1. The molecule has 1 aliphatic rings. The van der Waals surface area contributed by atoms with Gasteiger partial charge in [-0.1, -0.05) is 6.92 Å². The minimum atomic E-state index is -0.570. The summed E-state index contributed by atoms with van der Waals surface area (Å²) in [6.07, 6.45) is 0.883. The monoisotopic (exact) mass is 252 g/mol. The van der Waals surface area contributed by atoms with Gasteiger partial charge in [0.05, 0.1) is 18.3 Å². The summed E-state index contributed by atoms with van der Waals surface area (Å²) in [5.74, 6) is -0.867. The first-order valence-electron chi connectivity index (χ1n) is 6.07. The minimum absolute atomic E-state index is 0.0412. The van der Waals surface area contributed by atoms with Crippen LogP contribution < -0.4 is 5.73 Å². The first-order chi connectivity index (χ1) is 8.61. The Labute approximate surface area is 106 Å². The first kappa shape index (κ1) is 12.8. The quantitative estimate of drug-likeness (QED) is 0.814. The van der Waals surface area contributed by atoms with E-state index < -0.39 is 5.82 Å². The molecule has 0 spiro atoms. The van der Waals surface area contributed by atoms with Crippen LogP contribution in [0.25, 0.3) is 0 Å². The van der Waals surface area contributed by atoms with Gasteiger partial charge in [-0.25, -0.2) is 4.39 Å². The van der Waals surface area contributed by atoms with Gasteiger partial charge in [0.15, 0.2) is 0 Å². The third-order valence-electron chi connectivity index (χ3n) is 3.10. The molecule has 1 atom stereocenters. The molecule has 1 heterocycles. The van der Waals surface area contributed by atoms with Crippen LogP contribution in [0.3, 0.4) is 0 Å². The minimum Gasteiger partial charge on any atom is -0.399 e. The molecule has 1 fully saturated rings. The van der Waals surface area contributed by atoms with Crippen LogP contribution in [0.1, 0.15) is 23.7 Å². The SMILES string of the molecule is CCC1CN(C(=O)c2ccc(N)cc2F)CCO1. The van der Waals surface area contributed by atoms with Gasteiger partial charge < -0.3 is 15.4 Å². The Morgan fingerprint density at radius 1 is 1.61 bits per heavy atom. The van der Waals surface area contributed by atoms with Crippen LogP contribution in [0.2, 0.25) is 0 Å². The van der Waals surface area contributed by atoms with Crippen molar-refractivity contribution in [3.8, 4) is 0 Å². The highest BCUT2D eigenvalue weighted by Gasteiger charge is 2.25. The van der Waals surface area contributed by atoms with E-state index in [0.29, 0.717) is 25.4 Å². The Hall–Kier alpha value is -1.62. The predicted molar refractivity (Wildman–Crippen MR) is 66.7 cm³/mol. The fraction of sp³-hybridized carbons (Fsp3) is 0.462. The fourth-order valence-corrected chi connectivity index (χ4v) is 2.03. The summed E-state index contributed by atoms with van der Waals surface area (Å²) in [6.45, 7) is 3.52. The maximum atomic E-state index is 13.7. The van der Waals surface area contributed by atoms with Crippen molar-refractivity contribution >= 4 is 11.6 Å². The fourth-order valence-electron chi connectivity index (χ4n) is 2.03. The number of hydrogen-bond acceptors (Lipinski definition) is 3. The number of morpholine rings is 1. The Bertz CT molecular complexity index is 451. The molecule has 1 amide bonds. The first-order valence-corrected chi connectivity index (χ1v) is 6.07. The third kappa shape index (κ3) is 2.61. The van der Waals surface area contributed by atoms with Gasteiger partial charge in [0.2, 0.25) is 0 Å². The molecule has 1 saturated heterocycles. The van der Waals surface area contributed by atoms with Crippen LogP contribution in [0.4, 0.5) is 10.1 Å². The number of carbonyl (C=O) groups excluding carboxylic acids is 1. The van der Waals surface area contributed by atoms with Crippen molar-refractivity contribution in [2.24, 2.45) is 0 Å². The second-order valence-electron chi connectivity index (χ2n) is 4.39. The number of nitrogens with zero attached hydrogens (tertiary/aromatic N) is 1. The molecule has 0 bridgehead atoms. The van der Waals surface area contributed by atoms with Crippen molar-refractivity contribution in [1.82, 2.24) is 4.90 Å². The number of rotatable bonds is 2. The number of nitrogens with two attached hydrogens (primary N) is 1. The Balaban J connectivity index is 2.15. The molecule has 1 unspecified atom stereocenters. The van der Waals surface area contributed by atoms with E-state index in [2.05, 4.69) is 0 Å². The van der Waals surface area contributed by atoms with E-state index in [1.54, 1.807) is 4.90 Å². The largest absolute Gasteiger partial charge is 0.399 e. The van der Waals surface area contributed by atoms with Crippen LogP contribution in [-0.2, 0) is 4.74 Å².